The molecule has 0 saturated carbocycles. The van der Waals surface area contributed by atoms with Gasteiger partial charge in [-0.15, -0.1) is 0 Å². The molecule has 0 aromatic rings. The van der Waals surface area contributed by atoms with Crippen molar-refractivity contribution in [1.29, 1.82) is 0 Å². The zero-order valence-electron chi connectivity index (χ0n) is 13.6. The first kappa shape index (κ1) is 15.8. The minimum atomic E-state index is -0.212. The van der Waals surface area contributed by atoms with E-state index in [1.807, 2.05) is 0 Å². The maximum Gasteiger partial charge on any atom is 0.228 e. The van der Waals surface area contributed by atoms with Crippen LogP contribution in [0.1, 0.15) is 65.7 Å². The summed E-state index contributed by atoms with van der Waals surface area (Å²) in [6.45, 7) is 9.67. The fourth-order valence-corrected chi connectivity index (χ4v) is 3.91. The molecule has 1 amide bonds. The molecule has 2 heterocycles. The summed E-state index contributed by atoms with van der Waals surface area (Å²) in [5.74, 6) is 0.900. The van der Waals surface area contributed by atoms with Crippen molar-refractivity contribution >= 4 is 5.91 Å². The highest BCUT2D eigenvalue weighted by molar-refractivity contribution is 5.82. The molecule has 2 aliphatic rings. The van der Waals surface area contributed by atoms with Crippen LogP contribution in [0.3, 0.4) is 0 Å². The lowest BCUT2D eigenvalue weighted by Gasteiger charge is -2.44. The average molecular weight is 280 g/mol. The Balaban J connectivity index is 2.06. The highest BCUT2D eigenvalue weighted by atomic mass is 16.2. The van der Waals surface area contributed by atoms with Gasteiger partial charge in [-0.2, -0.15) is 0 Å². The molecular formula is C17H32N2O. The van der Waals surface area contributed by atoms with Crippen LogP contribution < -0.4 is 5.32 Å². The van der Waals surface area contributed by atoms with Crippen molar-refractivity contribution in [2.24, 2.45) is 11.3 Å². The molecule has 2 saturated heterocycles. The van der Waals surface area contributed by atoms with E-state index in [1.54, 1.807) is 0 Å². The molecule has 0 aliphatic carbocycles. The summed E-state index contributed by atoms with van der Waals surface area (Å²) < 4.78 is 0. The molecule has 0 spiro atoms. The second-order valence-corrected chi connectivity index (χ2v) is 7.20. The van der Waals surface area contributed by atoms with Gasteiger partial charge in [-0.3, -0.25) is 4.79 Å². The minimum absolute atomic E-state index is 0.212. The molecule has 2 atom stereocenters. The van der Waals surface area contributed by atoms with Gasteiger partial charge in [0, 0.05) is 18.0 Å². The Morgan fingerprint density at radius 2 is 2.05 bits per heavy atom. The van der Waals surface area contributed by atoms with Crippen LogP contribution in [0.5, 0.6) is 0 Å². The van der Waals surface area contributed by atoms with Crippen LogP contribution >= 0.6 is 0 Å². The van der Waals surface area contributed by atoms with E-state index in [0.717, 1.165) is 19.6 Å². The van der Waals surface area contributed by atoms with Crippen molar-refractivity contribution < 1.29 is 4.79 Å². The molecule has 1 N–H and O–H groups in total. The third-order valence-electron chi connectivity index (χ3n) is 5.38. The summed E-state index contributed by atoms with van der Waals surface area (Å²) >= 11 is 0. The van der Waals surface area contributed by atoms with E-state index in [0.29, 0.717) is 17.9 Å². The van der Waals surface area contributed by atoms with E-state index in [9.17, 15) is 4.79 Å². The molecule has 20 heavy (non-hydrogen) atoms. The van der Waals surface area contributed by atoms with Gasteiger partial charge in [0.25, 0.3) is 0 Å². The van der Waals surface area contributed by atoms with Crippen molar-refractivity contribution in [3.63, 3.8) is 0 Å². The third-order valence-corrected chi connectivity index (χ3v) is 5.38. The van der Waals surface area contributed by atoms with Crippen LogP contribution in [0.15, 0.2) is 0 Å². The van der Waals surface area contributed by atoms with Crippen LogP contribution in [0.2, 0.25) is 0 Å². The first-order chi connectivity index (χ1) is 9.57. The number of piperidine rings is 2. The molecule has 2 rings (SSSR count). The molecule has 0 radical (unpaired) electrons. The van der Waals surface area contributed by atoms with E-state index in [-0.39, 0.29) is 5.41 Å². The Bertz CT molecular complexity index is 319. The number of likely N-dealkylation sites (tertiary alicyclic amines) is 1. The van der Waals surface area contributed by atoms with Gasteiger partial charge < -0.3 is 10.2 Å². The standard InChI is InChI=1S/C17H32N2O/c1-4-8-15-10-5-6-12-19(15)16(20)17(2,3)14-9-7-11-18-13-14/h14-15,18H,4-13H2,1-3H3. The normalized spacial score (nSPS) is 28.4. The molecule has 0 aromatic carbocycles. The Labute approximate surface area is 124 Å². The number of nitrogens with zero attached hydrogens (tertiary/aromatic N) is 1. The van der Waals surface area contributed by atoms with Crippen LogP contribution in [0, 0.1) is 11.3 Å². The summed E-state index contributed by atoms with van der Waals surface area (Å²) in [4.78, 5) is 15.3. The molecule has 3 heteroatoms. The molecular weight excluding hydrogens is 248 g/mol. The van der Waals surface area contributed by atoms with E-state index < -0.39 is 0 Å². The van der Waals surface area contributed by atoms with E-state index in [2.05, 4.69) is 31.0 Å². The van der Waals surface area contributed by atoms with Gasteiger partial charge in [-0.25, -0.2) is 0 Å². The number of carbonyl (C=O) groups is 1. The Morgan fingerprint density at radius 1 is 1.25 bits per heavy atom. The highest BCUT2D eigenvalue weighted by Gasteiger charge is 2.41. The third kappa shape index (κ3) is 3.36. The summed E-state index contributed by atoms with van der Waals surface area (Å²) in [6.07, 6.45) is 8.44. The van der Waals surface area contributed by atoms with E-state index in [1.165, 1.54) is 44.9 Å². The summed E-state index contributed by atoms with van der Waals surface area (Å²) in [6, 6.07) is 0.497. The number of hydrogen-bond acceptors (Lipinski definition) is 2. The zero-order chi connectivity index (χ0) is 14.6. The number of nitrogens with one attached hydrogen (secondary N) is 1. The smallest absolute Gasteiger partial charge is 0.228 e. The summed E-state index contributed by atoms with van der Waals surface area (Å²) in [7, 11) is 0. The number of hydrogen-bond donors (Lipinski definition) is 1. The van der Waals surface area contributed by atoms with Gasteiger partial charge in [-0.05, 0) is 57.5 Å². The fraction of sp³-hybridized carbons (Fsp3) is 0.941. The summed E-state index contributed by atoms with van der Waals surface area (Å²) in [5, 5.41) is 3.46. The largest absolute Gasteiger partial charge is 0.339 e. The van der Waals surface area contributed by atoms with Crippen molar-refractivity contribution in [2.75, 3.05) is 19.6 Å². The zero-order valence-corrected chi connectivity index (χ0v) is 13.6. The SMILES string of the molecule is CCCC1CCCCN1C(=O)C(C)(C)C1CCCNC1. The lowest BCUT2D eigenvalue weighted by molar-refractivity contribution is -0.148. The highest BCUT2D eigenvalue weighted by Crippen LogP contribution is 2.36. The molecule has 116 valence electrons. The molecule has 3 nitrogen and oxygen atoms in total. The van der Waals surface area contributed by atoms with Gasteiger partial charge in [0.15, 0.2) is 0 Å². The Hall–Kier alpha value is -0.570. The van der Waals surface area contributed by atoms with Crippen molar-refractivity contribution in [3.8, 4) is 0 Å². The van der Waals surface area contributed by atoms with Gasteiger partial charge in [0.05, 0.1) is 0 Å². The maximum absolute atomic E-state index is 13.1. The lowest BCUT2D eigenvalue weighted by atomic mass is 9.73. The number of amides is 1. The van der Waals surface area contributed by atoms with Gasteiger partial charge in [0.2, 0.25) is 5.91 Å². The predicted molar refractivity (Wildman–Crippen MR) is 83.6 cm³/mol. The molecule has 2 unspecified atom stereocenters. The Kier molecular flexibility index (Phi) is 5.48. The maximum atomic E-state index is 13.1. The quantitative estimate of drug-likeness (QED) is 0.857. The van der Waals surface area contributed by atoms with Crippen LogP contribution in [0.4, 0.5) is 0 Å². The lowest BCUT2D eigenvalue weighted by Crippen LogP contribution is -2.53. The van der Waals surface area contributed by atoms with Crippen LogP contribution in [-0.2, 0) is 4.79 Å². The molecule has 0 bridgehead atoms. The second-order valence-electron chi connectivity index (χ2n) is 7.20. The van der Waals surface area contributed by atoms with Gasteiger partial charge in [0.1, 0.15) is 0 Å². The topological polar surface area (TPSA) is 32.3 Å². The molecule has 0 aromatic heterocycles. The fourth-order valence-electron chi connectivity index (χ4n) is 3.91. The Morgan fingerprint density at radius 3 is 2.70 bits per heavy atom. The first-order valence-corrected chi connectivity index (χ1v) is 8.59. The monoisotopic (exact) mass is 280 g/mol. The molecule has 2 aliphatic heterocycles. The predicted octanol–water partition coefficient (Wildman–Crippen LogP) is 3.19. The average Bonchev–Trinajstić information content (AvgIpc) is 2.48. The molecule has 2 fully saturated rings. The number of rotatable bonds is 4. The van der Waals surface area contributed by atoms with Gasteiger partial charge >= 0.3 is 0 Å². The number of carbonyl (C=O) groups excluding carboxylic acids is 1. The van der Waals surface area contributed by atoms with E-state index in [4.69, 9.17) is 0 Å². The van der Waals surface area contributed by atoms with Crippen LogP contribution in [0.25, 0.3) is 0 Å². The van der Waals surface area contributed by atoms with Crippen molar-refractivity contribution in [1.82, 2.24) is 10.2 Å². The van der Waals surface area contributed by atoms with Crippen molar-refractivity contribution in [3.05, 3.63) is 0 Å². The van der Waals surface area contributed by atoms with E-state index >= 15 is 0 Å². The first-order valence-electron chi connectivity index (χ1n) is 8.59. The minimum Gasteiger partial charge on any atom is -0.339 e. The van der Waals surface area contributed by atoms with Crippen LogP contribution in [-0.4, -0.2) is 36.5 Å². The second kappa shape index (κ2) is 6.93. The van der Waals surface area contributed by atoms with Crippen molar-refractivity contribution in [2.45, 2.75) is 71.8 Å². The summed E-state index contributed by atoms with van der Waals surface area (Å²) in [5.41, 5.74) is -0.212. The van der Waals surface area contributed by atoms with Gasteiger partial charge in [-0.1, -0.05) is 27.2 Å².